The van der Waals surface area contributed by atoms with Crippen LogP contribution in [0, 0.1) is 12.2 Å². The molecule has 1 heteroatoms. The fourth-order valence-electron chi connectivity index (χ4n) is 3.51. The summed E-state index contributed by atoms with van der Waals surface area (Å²) < 4.78 is 0. The van der Waals surface area contributed by atoms with Gasteiger partial charge in [-0.25, -0.2) is 0 Å². The minimum absolute atomic E-state index is 0. The van der Waals surface area contributed by atoms with Gasteiger partial charge in [0.1, 0.15) is 0 Å². The van der Waals surface area contributed by atoms with E-state index in [4.69, 9.17) is 0 Å². The molecule has 2 aromatic carbocycles. The maximum atomic E-state index is 3.34. The van der Waals surface area contributed by atoms with E-state index in [9.17, 15) is 0 Å². The largest absolute Gasteiger partial charge is 2.00 e. The number of hydrogen-bond acceptors (Lipinski definition) is 0. The Labute approximate surface area is 209 Å². The first-order valence-electron chi connectivity index (χ1n) is 10.9. The summed E-state index contributed by atoms with van der Waals surface area (Å²) in [6.45, 7) is 13.4. The maximum absolute atomic E-state index is 3.34. The summed E-state index contributed by atoms with van der Waals surface area (Å²) in [5, 5.41) is 0. The van der Waals surface area contributed by atoms with Gasteiger partial charge in [0, 0.05) is 0 Å². The van der Waals surface area contributed by atoms with Crippen LogP contribution in [0.2, 0.25) is 0 Å². The van der Waals surface area contributed by atoms with Crippen molar-refractivity contribution < 1.29 is 26.2 Å². The summed E-state index contributed by atoms with van der Waals surface area (Å²) in [4.78, 5) is 0. The Hall–Kier alpha value is -1.72. The Morgan fingerprint density at radius 1 is 0.548 bits per heavy atom. The molecule has 158 valence electrons. The molecule has 0 spiro atoms. The zero-order chi connectivity index (χ0) is 21.8. The molecule has 0 unspecified atom stereocenters. The fourth-order valence-corrected chi connectivity index (χ4v) is 3.51. The smallest absolute Gasteiger partial charge is 0.197 e. The monoisotopic (exact) mass is 484 g/mol. The third-order valence-corrected chi connectivity index (χ3v) is 5.51. The van der Waals surface area contributed by atoms with Gasteiger partial charge in [-0.1, -0.05) is 78.6 Å². The Balaban J connectivity index is 0.000000213. The second-order valence-electron chi connectivity index (χ2n) is 10.0. The van der Waals surface area contributed by atoms with Crippen LogP contribution in [0.5, 0.6) is 0 Å². The Morgan fingerprint density at radius 2 is 0.871 bits per heavy atom. The third-order valence-electron chi connectivity index (χ3n) is 5.51. The van der Waals surface area contributed by atoms with Gasteiger partial charge in [0.05, 0.1) is 0 Å². The molecule has 0 bridgehead atoms. The molecule has 0 saturated heterocycles. The number of hydrogen-bond donors (Lipinski definition) is 0. The second-order valence-corrected chi connectivity index (χ2v) is 10.0. The third kappa shape index (κ3) is 7.15. The van der Waals surface area contributed by atoms with Crippen LogP contribution in [-0.2, 0) is 37.0 Å². The van der Waals surface area contributed by atoms with Gasteiger partial charge in [0.15, 0.2) is 0 Å². The van der Waals surface area contributed by atoms with Crippen molar-refractivity contribution in [3.63, 3.8) is 0 Å². The molecule has 2 aromatic rings. The maximum Gasteiger partial charge on any atom is 2.00 e. The molecular weight excluding hydrogens is 452 g/mol. The van der Waals surface area contributed by atoms with E-state index >= 15 is 0 Å². The molecule has 31 heavy (non-hydrogen) atoms. The van der Waals surface area contributed by atoms with Crippen LogP contribution >= 0.6 is 0 Å². The van der Waals surface area contributed by atoms with Crippen molar-refractivity contribution in [2.75, 3.05) is 0 Å². The molecule has 2 aliphatic carbocycles. The molecule has 2 aliphatic rings. The summed E-state index contributed by atoms with van der Waals surface area (Å²) in [7, 11) is 0. The summed E-state index contributed by atoms with van der Waals surface area (Å²) in [6.07, 6.45) is 17.2. The average molecular weight is 486 g/mol. The van der Waals surface area contributed by atoms with Crippen LogP contribution in [0.3, 0.4) is 0 Å². The minimum Gasteiger partial charge on any atom is -0.197 e. The summed E-state index contributed by atoms with van der Waals surface area (Å²) >= 11 is 0. The molecular formula is C30H34Zr. The van der Waals surface area contributed by atoms with Crippen LogP contribution < -0.4 is 0 Å². The van der Waals surface area contributed by atoms with E-state index in [1.165, 1.54) is 33.4 Å². The molecule has 0 saturated carbocycles. The Morgan fingerprint density at radius 3 is 1.10 bits per heavy atom. The van der Waals surface area contributed by atoms with Crippen LogP contribution in [0.15, 0.2) is 72.8 Å². The predicted molar refractivity (Wildman–Crippen MR) is 131 cm³/mol. The quantitative estimate of drug-likeness (QED) is 0.376. The Kier molecular flexibility index (Phi) is 8.85. The van der Waals surface area contributed by atoms with E-state index in [2.05, 4.69) is 127 Å². The normalized spacial score (nSPS) is 15.0. The summed E-state index contributed by atoms with van der Waals surface area (Å²) in [5.41, 5.74) is 8.26. The van der Waals surface area contributed by atoms with Gasteiger partial charge < -0.3 is 0 Å². The van der Waals surface area contributed by atoms with Crippen LogP contribution in [0.25, 0.3) is 11.1 Å². The zero-order valence-corrected chi connectivity index (χ0v) is 22.3. The van der Waals surface area contributed by atoms with Gasteiger partial charge in [-0.2, -0.15) is 35.5 Å². The molecule has 4 rings (SSSR count). The molecule has 0 N–H and O–H groups in total. The molecule has 0 heterocycles. The van der Waals surface area contributed by atoms with Gasteiger partial charge in [0.2, 0.25) is 0 Å². The van der Waals surface area contributed by atoms with Crippen molar-refractivity contribution in [2.24, 2.45) is 0 Å². The van der Waals surface area contributed by atoms with Crippen molar-refractivity contribution in [2.45, 2.75) is 65.2 Å². The van der Waals surface area contributed by atoms with Gasteiger partial charge in [-0.3, -0.25) is 0 Å². The van der Waals surface area contributed by atoms with E-state index < -0.39 is 0 Å². The molecule has 0 aliphatic heterocycles. The van der Waals surface area contributed by atoms with E-state index in [0.29, 0.717) is 0 Å². The van der Waals surface area contributed by atoms with E-state index in [0.717, 1.165) is 12.8 Å². The average Bonchev–Trinajstić information content (AvgIpc) is 3.42. The van der Waals surface area contributed by atoms with Crippen molar-refractivity contribution in [1.82, 2.24) is 0 Å². The number of allylic oxidation sites excluding steroid dienone is 8. The van der Waals surface area contributed by atoms with E-state index in [-0.39, 0.29) is 37.0 Å². The summed E-state index contributed by atoms with van der Waals surface area (Å²) in [5.74, 6) is 0. The van der Waals surface area contributed by atoms with Gasteiger partial charge in [-0.15, -0.1) is 47.5 Å². The first kappa shape index (κ1) is 25.5. The SMILES string of the molecule is CC(C)(C)c1ccc(C2=[C-]CC=C2)cc1.CC(C)(C)c1ccc(C2=[C-]CC=C2)cc1.[Zr+2]. The molecule has 0 radical (unpaired) electrons. The first-order chi connectivity index (χ1) is 14.1. The van der Waals surface area contributed by atoms with Gasteiger partial charge >= 0.3 is 26.2 Å². The fraction of sp³-hybridized carbons (Fsp3) is 0.333. The zero-order valence-electron chi connectivity index (χ0n) is 19.8. The van der Waals surface area contributed by atoms with Crippen molar-refractivity contribution in [1.29, 1.82) is 0 Å². The molecule has 0 fully saturated rings. The molecule has 0 atom stereocenters. The second kappa shape index (κ2) is 10.7. The van der Waals surface area contributed by atoms with Crippen molar-refractivity contribution >= 4 is 11.1 Å². The summed E-state index contributed by atoms with van der Waals surface area (Å²) in [6, 6.07) is 17.6. The van der Waals surface area contributed by atoms with Crippen molar-refractivity contribution in [3.8, 4) is 0 Å². The molecule has 0 amide bonds. The van der Waals surface area contributed by atoms with Crippen LogP contribution in [-0.4, -0.2) is 0 Å². The molecule has 0 nitrogen and oxygen atoms in total. The van der Waals surface area contributed by atoms with E-state index in [1.54, 1.807) is 0 Å². The first-order valence-corrected chi connectivity index (χ1v) is 10.9. The molecule has 0 aromatic heterocycles. The minimum atomic E-state index is 0. The number of benzene rings is 2. The number of rotatable bonds is 2. The van der Waals surface area contributed by atoms with Crippen LogP contribution in [0.1, 0.15) is 76.6 Å². The van der Waals surface area contributed by atoms with Crippen molar-refractivity contribution in [3.05, 3.63) is 107 Å². The Bertz CT molecular complexity index is 883. The van der Waals surface area contributed by atoms with Crippen LogP contribution in [0.4, 0.5) is 0 Å². The predicted octanol–water partition coefficient (Wildman–Crippen LogP) is 8.26. The van der Waals surface area contributed by atoms with E-state index in [1.807, 2.05) is 0 Å². The van der Waals surface area contributed by atoms with Gasteiger partial charge in [0.25, 0.3) is 0 Å². The van der Waals surface area contributed by atoms with Gasteiger partial charge in [-0.05, 0) is 22.0 Å². The topological polar surface area (TPSA) is 0 Å². The standard InChI is InChI=1S/2C15H17.Zr/c2*1-15(2,3)14-10-8-13(9-11-14)12-6-4-5-7-12;/h2*4,6,8-11H,5H2,1-3H3;/q2*-1;+2.